The molecule has 2 atom stereocenters. The Kier molecular flexibility index (Phi) is 6.25. The normalized spacial score (nSPS) is 19.0. The lowest BCUT2D eigenvalue weighted by atomic mass is 10.0. The van der Waals surface area contributed by atoms with Crippen LogP contribution >= 0.6 is 12.4 Å². The summed E-state index contributed by atoms with van der Waals surface area (Å²) in [7, 11) is 0. The molecule has 0 amide bonds. The molecule has 1 N–H and O–H groups in total. The van der Waals surface area contributed by atoms with Gasteiger partial charge in [-0.05, 0) is 24.6 Å². The molecule has 0 aliphatic carbocycles. The highest BCUT2D eigenvalue weighted by Gasteiger charge is 2.27. The number of benzene rings is 2. The van der Waals surface area contributed by atoms with Crippen molar-refractivity contribution in [2.75, 3.05) is 19.7 Å². The molecule has 2 aromatic carbocycles. The zero-order valence-corrected chi connectivity index (χ0v) is 13.5. The van der Waals surface area contributed by atoms with Crippen LogP contribution in [0.5, 0.6) is 5.75 Å². The number of hydrogen-bond donors (Lipinski definition) is 1. The first-order chi connectivity index (χ1) is 10.3. The highest BCUT2D eigenvalue weighted by molar-refractivity contribution is 5.85. The summed E-state index contributed by atoms with van der Waals surface area (Å²) in [5.41, 5.74) is 2.38. The van der Waals surface area contributed by atoms with E-state index in [2.05, 4.69) is 36.5 Å². The van der Waals surface area contributed by atoms with E-state index in [1.807, 2.05) is 30.3 Å². The van der Waals surface area contributed by atoms with Crippen LogP contribution in [0.2, 0.25) is 0 Å². The molecule has 2 unspecified atom stereocenters. The molecule has 1 fully saturated rings. The van der Waals surface area contributed by atoms with Gasteiger partial charge >= 0.3 is 0 Å². The molecule has 118 valence electrons. The smallest absolute Gasteiger partial charge is 0.151 e. The minimum atomic E-state index is -0.0956. The lowest BCUT2D eigenvalue weighted by Crippen LogP contribution is -2.43. The maximum Gasteiger partial charge on any atom is 0.151 e. The topological polar surface area (TPSA) is 30.5 Å². The van der Waals surface area contributed by atoms with Gasteiger partial charge in [-0.3, -0.25) is 0 Å². The summed E-state index contributed by atoms with van der Waals surface area (Å²) in [5.74, 6) is 0.878. The predicted molar refractivity (Wildman–Crippen MR) is 90.8 cm³/mol. The average Bonchev–Trinajstić information content (AvgIpc) is 2.56. The number of morpholine rings is 1. The molecule has 0 radical (unpaired) electrons. The van der Waals surface area contributed by atoms with Crippen molar-refractivity contribution in [1.82, 2.24) is 5.32 Å². The van der Waals surface area contributed by atoms with E-state index in [0.717, 1.165) is 31.0 Å². The van der Waals surface area contributed by atoms with Gasteiger partial charge in [-0.25, -0.2) is 0 Å². The Hall–Kier alpha value is -1.55. The summed E-state index contributed by atoms with van der Waals surface area (Å²) < 4.78 is 12.1. The third kappa shape index (κ3) is 4.23. The molecule has 4 heteroatoms. The van der Waals surface area contributed by atoms with E-state index >= 15 is 0 Å². The third-order valence-electron chi connectivity index (χ3n) is 3.71. The number of hydrogen-bond acceptors (Lipinski definition) is 3. The van der Waals surface area contributed by atoms with Crippen molar-refractivity contribution in [1.29, 1.82) is 0 Å². The maximum absolute atomic E-state index is 6.23. The molecule has 1 heterocycles. The Labute approximate surface area is 138 Å². The van der Waals surface area contributed by atoms with E-state index in [9.17, 15) is 0 Å². The molecule has 0 spiro atoms. The third-order valence-corrected chi connectivity index (χ3v) is 3.71. The predicted octanol–water partition coefficient (Wildman–Crippen LogP) is 3.53. The van der Waals surface area contributed by atoms with Gasteiger partial charge in [0.15, 0.2) is 6.10 Å². The van der Waals surface area contributed by atoms with Crippen molar-refractivity contribution in [3.8, 4) is 5.75 Å². The van der Waals surface area contributed by atoms with Crippen molar-refractivity contribution < 1.29 is 9.47 Å². The number of halogens is 1. The molecule has 0 bridgehead atoms. The molecular formula is C18H22ClNO2. The Morgan fingerprint density at radius 2 is 1.82 bits per heavy atom. The fourth-order valence-electron chi connectivity index (χ4n) is 2.54. The van der Waals surface area contributed by atoms with Crippen molar-refractivity contribution in [3.05, 3.63) is 65.7 Å². The van der Waals surface area contributed by atoms with Gasteiger partial charge in [0.25, 0.3) is 0 Å². The molecule has 1 aliphatic rings. The molecule has 0 saturated carbocycles. The van der Waals surface area contributed by atoms with Gasteiger partial charge in [0.1, 0.15) is 11.9 Å². The molecular weight excluding hydrogens is 298 g/mol. The lowest BCUT2D eigenvalue weighted by Gasteiger charge is -2.31. The maximum atomic E-state index is 6.23. The van der Waals surface area contributed by atoms with Crippen LogP contribution < -0.4 is 10.1 Å². The van der Waals surface area contributed by atoms with Crippen molar-refractivity contribution in [3.63, 3.8) is 0 Å². The van der Waals surface area contributed by atoms with Crippen LogP contribution in [-0.2, 0) is 4.74 Å². The number of nitrogens with one attached hydrogen (secondary N) is 1. The van der Waals surface area contributed by atoms with Crippen LogP contribution in [0.4, 0.5) is 0 Å². The standard InChI is InChI=1S/C18H21NO2.ClH/c1-14-7-9-16(10-8-14)21-18(15-5-3-2-4-6-15)17-13-19-11-12-20-17;/h2-10,17-19H,11-13H2,1H3;1H. The fraction of sp³-hybridized carbons (Fsp3) is 0.333. The van der Waals surface area contributed by atoms with Gasteiger partial charge in [0, 0.05) is 13.1 Å². The highest BCUT2D eigenvalue weighted by Crippen LogP contribution is 2.27. The summed E-state index contributed by atoms with van der Waals surface area (Å²) in [5, 5.41) is 3.37. The van der Waals surface area contributed by atoms with Crippen molar-refractivity contribution in [2.45, 2.75) is 19.1 Å². The van der Waals surface area contributed by atoms with Gasteiger partial charge in [-0.1, -0.05) is 48.0 Å². The Morgan fingerprint density at radius 1 is 1.09 bits per heavy atom. The van der Waals surface area contributed by atoms with E-state index in [4.69, 9.17) is 9.47 Å². The highest BCUT2D eigenvalue weighted by atomic mass is 35.5. The summed E-state index contributed by atoms with van der Waals surface area (Å²) >= 11 is 0. The van der Waals surface area contributed by atoms with Crippen LogP contribution in [0.3, 0.4) is 0 Å². The molecule has 3 nitrogen and oxygen atoms in total. The SMILES string of the molecule is Cc1ccc(OC(c2ccccc2)C2CNCCO2)cc1.Cl. The molecule has 2 aromatic rings. The second-order valence-electron chi connectivity index (χ2n) is 5.38. The second-order valence-corrected chi connectivity index (χ2v) is 5.38. The molecule has 1 aliphatic heterocycles. The lowest BCUT2D eigenvalue weighted by molar-refractivity contribution is -0.0432. The largest absolute Gasteiger partial charge is 0.483 e. The molecule has 0 aromatic heterocycles. The summed E-state index contributed by atoms with van der Waals surface area (Å²) in [6.45, 7) is 4.52. The monoisotopic (exact) mass is 319 g/mol. The van der Waals surface area contributed by atoms with Gasteiger partial charge < -0.3 is 14.8 Å². The Morgan fingerprint density at radius 3 is 2.45 bits per heavy atom. The fourth-order valence-corrected chi connectivity index (χ4v) is 2.54. The first-order valence-corrected chi connectivity index (χ1v) is 7.43. The van der Waals surface area contributed by atoms with E-state index in [1.165, 1.54) is 5.56 Å². The van der Waals surface area contributed by atoms with Crippen LogP contribution in [-0.4, -0.2) is 25.8 Å². The first kappa shape index (κ1) is 16.8. The van der Waals surface area contributed by atoms with Crippen LogP contribution in [0.15, 0.2) is 54.6 Å². The Balaban J connectivity index is 0.00000176. The quantitative estimate of drug-likeness (QED) is 0.935. The molecule has 1 saturated heterocycles. The van der Waals surface area contributed by atoms with E-state index < -0.39 is 0 Å². The minimum Gasteiger partial charge on any atom is -0.483 e. The number of ether oxygens (including phenoxy) is 2. The van der Waals surface area contributed by atoms with E-state index in [0.29, 0.717) is 0 Å². The zero-order chi connectivity index (χ0) is 14.5. The van der Waals surface area contributed by atoms with Gasteiger partial charge in [0.2, 0.25) is 0 Å². The van der Waals surface area contributed by atoms with Crippen LogP contribution in [0, 0.1) is 6.92 Å². The Bertz CT molecular complexity index is 553. The van der Waals surface area contributed by atoms with Crippen LogP contribution in [0.25, 0.3) is 0 Å². The first-order valence-electron chi connectivity index (χ1n) is 7.43. The molecule has 3 rings (SSSR count). The van der Waals surface area contributed by atoms with E-state index in [-0.39, 0.29) is 24.6 Å². The minimum absolute atomic E-state index is 0. The van der Waals surface area contributed by atoms with Gasteiger partial charge in [-0.2, -0.15) is 0 Å². The number of aryl methyl sites for hydroxylation is 1. The zero-order valence-electron chi connectivity index (χ0n) is 12.7. The van der Waals surface area contributed by atoms with E-state index in [1.54, 1.807) is 0 Å². The van der Waals surface area contributed by atoms with Crippen LogP contribution in [0.1, 0.15) is 17.2 Å². The summed E-state index contributed by atoms with van der Waals surface area (Å²) in [6, 6.07) is 18.5. The van der Waals surface area contributed by atoms with Gasteiger partial charge in [-0.15, -0.1) is 12.4 Å². The summed E-state index contributed by atoms with van der Waals surface area (Å²) in [6.07, 6.45) is -0.0656. The molecule has 22 heavy (non-hydrogen) atoms. The van der Waals surface area contributed by atoms with Crippen molar-refractivity contribution in [2.24, 2.45) is 0 Å². The second kappa shape index (κ2) is 8.18. The average molecular weight is 320 g/mol. The number of rotatable bonds is 4. The summed E-state index contributed by atoms with van der Waals surface area (Å²) in [4.78, 5) is 0. The van der Waals surface area contributed by atoms with Gasteiger partial charge in [0.05, 0.1) is 6.61 Å². The van der Waals surface area contributed by atoms with Crippen molar-refractivity contribution >= 4 is 12.4 Å².